The number of nitrogens with zero attached hydrogens (tertiary/aromatic N) is 1. The minimum Gasteiger partial charge on any atom is -0.442 e. The predicted octanol–water partition coefficient (Wildman–Crippen LogP) is 6.76. The molecule has 2 aromatic rings. The Hall–Kier alpha value is -2.16. The van der Waals surface area contributed by atoms with E-state index in [1.807, 2.05) is 68.5 Å². The molecular formula is C24H21Br2NO2. The SMILES string of the molecule is C=C(c1ccccc1)c1cccc(C(C#N)OC(=O)C2C(C=C(Br)Br)C2(C)C)c1. The van der Waals surface area contributed by atoms with Gasteiger partial charge >= 0.3 is 5.97 Å². The topological polar surface area (TPSA) is 50.1 Å². The highest BCUT2D eigenvalue weighted by molar-refractivity contribution is 9.28. The summed E-state index contributed by atoms with van der Waals surface area (Å²) in [4.78, 5) is 12.7. The number of rotatable bonds is 6. The number of halogens is 2. The Morgan fingerprint density at radius 2 is 1.83 bits per heavy atom. The molecule has 1 saturated carbocycles. The molecule has 0 saturated heterocycles. The summed E-state index contributed by atoms with van der Waals surface area (Å²) in [5, 5.41) is 9.64. The molecule has 5 heteroatoms. The fourth-order valence-corrected chi connectivity index (χ4v) is 4.20. The maximum atomic E-state index is 12.7. The van der Waals surface area contributed by atoms with E-state index in [9.17, 15) is 10.1 Å². The summed E-state index contributed by atoms with van der Waals surface area (Å²) in [6, 6.07) is 19.4. The molecule has 3 atom stereocenters. The third-order valence-corrected chi connectivity index (χ3v) is 6.01. The highest BCUT2D eigenvalue weighted by atomic mass is 79.9. The number of carbonyl (C=O) groups excluding carboxylic acids is 1. The fraction of sp³-hybridized carbons (Fsp3) is 0.250. The average Bonchev–Trinajstić information content (AvgIpc) is 3.25. The van der Waals surface area contributed by atoms with Gasteiger partial charge in [0.05, 0.1) is 9.31 Å². The van der Waals surface area contributed by atoms with Crippen LogP contribution in [-0.4, -0.2) is 5.97 Å². The zero-order valence-corrected chi connectivity index (χ0v) is 19.4. The summed E-state index contributed by atoms with van der Waals surface area (Å²) in [5.74, 6) is -0.561. The normalized spacial score (nSPS) is 20.1. The van der Waals surface area contributed by atoms with Crippen molar-refractivity contribution in [1.29, 1.82) is 5.26 Å². The van der Waals surface area contributed by atoms with Crippen molar-refractivity contribution in [2.75, 3.05) is 0 Å². The van der Waals surface area contributed by atoms with Gasteiger partial charge in [-0.3, -0.25) is 4.79 Å². The van der Waals surface area contributed by atoms with E-state index in [4.69, 9.17) is 4.74 Å². The van der Waals surface area contributed by atoms with Gasteiger partial charge in [0, 0.05) is 5.56 Å². The number of nitriles is 1. The van der Waals surface area contributed by atoms with Gasteiger partial charge in [-0.1, -0.05) is 75.0 Å². The van der Waals surface area contributed by atoms with Gasteiger partial charge < -0.3 is 4.74 Å². The van der Waals surface area contributed by atoms with E-state index in [2.05, 4.69) is 44.5 Å². The molecular weight excluding hydrogens is 494 g/mol. The van der Waals surface area contributed by atoms with Crippen LogP contribution in [0.3, 0.4) is 0 Å². The van der Waals surface area contributed by atoms with Crippen molar-refractivity contribution in [2.45, 2.75) is 20.0 Å². The lowest BCUT2D eigenvalue weighted by atomic mass is 9.97. The first kappa shape index (κ1) is 21.5. The molecule has 0 spiro atoms. The van der Waals surface area contributed by atoms with Crippen molar-refractivity contribution in [3.8, 4) is 6.07 Å². The van der Waals surface area contributed by atoms with Crippen LogP contribution in [0.25, 0.3) is 5.57 Å². The number of ether oxygens (including phenoxy) is 1. The molecule has 1 aliphatic carbocycles. The summed E-state index contributed by atoms with van der Waals surface area (Å²) in [6.45, 7) is 8.22. The van der Waals surface area contributed by atoms with Crippen LogP contribution in [0.2, 0.25) is 0 Å². The molecule has 3 nitrogen and oxygen atoms in total. The van der Waals surface area contributed by atoms with E-state index in [0.717, 1.165) is 20.1 Å². The van der Waals surface area contributed by atoms with Crippen LogP contribution < -0.4 is 0 Å². The summed E-state index contributed by atoms with van der Waals surface area (Å²) in [6.07, 6.45) is 0.997. The minimum atomic E-state index is -0.959. The number of hydrogen-bond donors (Lipinski definition) is 0. The van der Waals surface area contributed by atoms with Crippen LogP contribution >= 0.6 is 31.9 Å². The Labute approximate surface area is 188 Å². The van der Waals surface area contributed by atoms with Crippen molar-refractivity contribution >= 4 is 43.4 Å². The first-order valence-electron chi connectivity index (χ1n) is 9.23. The molecule has 29 heavy (non-hydrogen) atoms. The van der Waals surface area contributed by atoms with Gasteiger partial charge in [-0.2, -0.15) is 5.26 Å². The number of benzene rings is 2. The van der Waals surface area contributed by atoms with Gasteiger partial charge in [0.1, 0.15) is 6.07 Å². The Morgan fingerprint density at radius 3 is 2.45 bits per heavy atom. The standard InChI is InChI=1S/C24H21Br2NO2/c1-15(16-8-5-4-6-9-16)17-10-7-11-18(12-17)20(14-27)29-23(28)22-19(13-21(25)26)24(22,2)3/h4-13,19-20,22H,1H2,2-3H3. The van der Waals surface area contributed by atoms with Crippen molar-refractivity contribution in [3.63, 3.8) is 0 Å². The highest BCUT2D eigenvalue weighted by Gasteiger charge is 2.61. The van der Waals surface area contributed by atoms with Crippen LogP contribution in [0.15, 0.2) is 70.6 Å². The quantitative estimate of drug-likeness (QED) is 0.400. The third-order valence-electron chi connectivity index (χ3n) is 5.48. The van der Waals surface area contributed by atoms with Crippen molar-refractivity contribution in [1.82, 2.24) is 0 Å². The van der Waals surface area contributed by atoms with E-state index in [0.29, 0.717) is 5.56 Å². The smallest absolute Gasteiger partial charge is 0.311 e. The second-order valence-electron chi connectivity index (χ2n) is 7.70. The first-order chi connectivity index (χ1) is 13.8. The second-order valence-corrected chi connectivity index (χ2v) is 10.5. The van der Waals surface area contributed by atoms with Gasteiger partial charge in [-0.15, -0.1) is 0 Å². The lowest BCUT2D eigenvalue weighted by molar-refractivity contribution is -0.149. The minimum absolute atomic E-state index is 0.0623. The Morgan fingerprint density at radius 1 is 1.17 bits per heavy atom. The van der Waals surface area contributed by atoms with E-state index in [1.165, 1.54) is 0 Å². The van der Waals surface area contributed by atoms with Crippen molar-refractivity contribution in [2.24, 2.45) is 17.3 Å². The van der Waals surface area contributed by atoms with Crippen LogP contribution in [0.4, 0.5) is 0 Å². The summed E-state index contributed by atoms with van der Waals surface area (Å²) in [5.41, 5.74) is 3.19. The number of esters is 1. The van der Waals surface area contributed by atoms with Crippen molar-refractivity contribution in [3.05, 3.63) is 87.3 Å². The maximum Gasteiger partial charge on any atom is 0.311 e. The molecule has 0 bridgehead atoms. The largest absolute Gasteiger partial charge is 0.442 e. The second kappa shape index (κ2) is 8.69. The Balaban J connectivity index is 1.78. The molecule has 0 aromatic heterocycles. The molecule has 0 N–H and O–H groups in total. The molecule has 3 unspecified atom stereocenters. The number of hydrogen-bond acceptors (Lipinski definition) is 3. The highest BCUT2D eigenvalue weighted by Crippen LogP contribution is 2.60. The molecule has 2 aromatic carbocycles. The molecule has 0 radical (unpaired) electrons. The van der Waals surface area contributed by atoms with E-state index < -0.39 is 6.10 Å². The number of carbonyl (C=O) groups is 1. The van der Waals surface area contributed by atoms with E-state index in [-0.39, 0.29) is 23.2 Å². The summed E-state index contributed by atoms with van der Waals surface area (Å²) >= 11 is 6.70. The van der Waals surface area contributed by atoms with Gasteiger partial charge in [-0.05, 0) is 66.0 Å². The summed E-state index contributed by atoms with van der Waals surface area (Å²) < 4.78 is 6.42. The van der Waals surface area contributed by atoms with Crippen molar-refractivity contribution < 1.29 is 9.53 Å². The zero-order chi connectivity index (χ0) is 21.2. The van der Waals surface area contributed by atoms with Crippen LogP contribution in [0.5, 0.6) is 0 Å². The third kappa shape index (κ3) is 4.71. The van der Waals surface area contributed by atoms with Crippen LogP contribution in [-0.2, 0) is 9.53 Å². The number of allylic oxidation sites excluding steroid dienone is 1. The van der Waals surface area contributed by atoms with Gasteiger partial charge in [0.25, 0.3) is 0 Å². The van der Waals surface area contributed by atoms with Crippen LogP contribution in [0, 0.1) is 28.6 Å². The predicted molar refractivity (Wildman–Crippen MR) is 122 cm³/mol. The Kier molecular flexibility index (Phi) is 6.45. The van der Waals surface area contributed by atoms with Gasteiger partial charge in [0.15, 0.2) is 0 Å². The monoisotopic (exact) mass is 513 g/mol. The van der Waals surface area contributed by atoms with Crippen LogP contribution in [0.1, 0.15) is 36.6 Å². The van der Waals surface area contributed by atoms with Gasteiger partial charge in [0.2, 0.25) is 6.10 Å². The molecule has 1 aliphatic rings. The fourth-order valence-electron chi connectivity index (χ4n) is 3.63. The van der Waals surface area contributed by atoms with E-state index >= 15 is 0 Å². The Bertz CT molecular complexity index is 1000. The molecule has 0 heterocycles. The zero-order valence-electron chi connectivity index (χ0n) is 16.2. The van der Waals surface area contributed by atoms with Gasteiger partial charge in [-0.25, -0.2) is 0 Å². The molecule has 0 amide bonds. The molecule has 3 rings (SSSR count). The van der Waals surface area contributed by atoms with E-state index in [1.54, 1.807) is 6.07 Å². The lowest BCUT2D eigenvalue weighted by Gasteiger charge is -2.14. The first-order valence-corrected chi connectivity index (χ1v) is 10.8. The molecule has 148 valence electrons. The maximum absolute atomic E-state index is 12.7. The average molecular weight is 515 g/mol. The molecule has 0 aliphatic heterocycles. The lowest BCUT2D eigenvalue weighted by Crippen LogP contribution is -2.14. The summed E-state index contributed by atoms with van der Waals surface area (Å²) in [7, 11) is 0. The molecule has 1 fully saturated rings.